The highest BCUT2D eigenvalue weighted by Crippen LogP contribution is 2.23. The molecular formula is C21H24N4O2. The minimum absolute atomic E-state index is 0.0158. The van der Waals surface area contributed by atoms with Crippen molar-refractivity contribution in [3.05, 3.63) is 60.5 Å². The second-order valence-electron chi connectivity index (χ2n) is 6.72. The predicted octanol–water partition coefficient (Wildman–Crippen LogP) is 3.30. The molecule has 0 N–H and O–H groups in total. The molecule has 4 rings (SSSR count). The Morgan fingerprint density at radius 3 is 2.67 bits per heavy atom. The van der Waals surface area contributed by atoms with Gasteiger partial charge in [0.1, 0.15) is 11.4 Å². The predicted molar refractivity (Wildman–Crippen MR) is 104 cm³/mol. The molecule has 0 saturated carbocycles. The standard InChI is InChI=1S/C21H24N4O2/c1-2-23-11-7-12-24(14-13-23)21(26)19-16-18(20-10-6-15-27-20)22-25(19)17-8-4-3-5-9-17/h3-6,8-10,15-16H,2,7,11-14H2,1H3. The number of nitrogens with zero attached hydrogens (tertiary/aromatic N) is 4. The average molecular weight is 364 g/mol. The van der Waals surface area contributed by atoms with Crippen LogP contribution in [0.1, 0.15) is 23.8 Å². The first-order valence-electron chi connectivity index (χ1n) is 9.47. The Balaban J connectivity index is 1.69. The summed E-state index contributed by atoms with van der Waals surface area (Å²) in [5.41, 5.74) is 2.10. The van der Waals surface area contributed by atoms with Gasteiger partial charge in [0.05, 0.1) is 12.0 Å². The highest BCUT2D eigenvalue weighted by Gasteiger charge is 2.25. The summed E-state index contributed by atoms with van der Waals surface area (Å²) in [7, 11) is 0. The minimum atomic E-state index is 0.0158. The van der Waals surface area contributed by atoms with Crippen LogP contribution in [0.15, 0.2) is 59.2 Å². The third kappa shape index (κ3) is 3.66. The number of aromatic nitrogens is 2. The van der Waals surface area contributed by atoms with Crippen molar-refractivity contribution in [3.63, 3.8) is 0 Å². The van der Waals surface area contributed by atoms with Crippen molar-refractivity contribution < 1.29 is 9.21 Å². The summed E-state index contributed by atoms with van der Waals surface area (Å²) >= 11 is 0. The Bertz CT molecular complexity index is 886. The van der Waals surface area contributed by atoms with Gasteiger partial charge in [-0.2, -0.15) is 5.10 Å². The zero-order valence-electron chi connectivity index (χ0n) is 15.5. The van der Waals surface area contributed by atoms with E-state index in [1.807, 2.05) is 53.4 Å². The number of hydrogen-bond acceptors (Lipinski definition) is 4. The van der Waals surface area contributed by atoms with E-state index in [4.69, 9.17) is 4.42 Å². The van der Waals surface area contributed by atoms with Crippen molar-refractivity contribution in [1.82, 2.24) is 19.6 Å². The summed E-state index contributed by atoms with van der Waals surface area (Å²) in [5, 5.41) is 4.66. The lowest BCUT2D eigenvalue weighted by molar-refractivity contribution is 0.0752. The monoisotopic (exact) mass is 364 g/mol. The number of carbonyl (C=O) groups is 1. The molecule has 0 unspecified atom stereocenters. The summed E-state index contributed by atoms with van der Waals surface area (Å²) in [6.07, 6.45) is 2.61. The van der Waals surface area contributed by atoms with Crippen LogP contribution in [0.3, 0.4) is 0 Å². The van der Waals surface area contributed by atoms with E-state index in [-0.39, 0.29) is 5.91 Å². The van der Waals surface area contributed by atoms with Crippen LogP contribution in [0, 0.1) is 0 Å². The van der Waals surface area contributed by atoms with Crippen LogP contribution in [0.25, 0.3) is 17.1 Å². The Labute approximate surface area is 159 Å². The van der Waals surface area contributed by atoms with E-state index in [9.17, 15) is 4.79 Å². The van der Waals surface area contributed by atoms with Crippen LogP contribution in [0.4, 0.5) is 0 Å². The number of likely N-dealkylation sites (N-methyl/N-ethyl adjacent to an activating group) is 1. The number of rotatable bonds is 4. The van der Waals surface area contributed by atoms with Crippen LogP contribution in [-0.2, 0) is 0 Å². The van der Waals surface area contributed by atoms with E-state index in [1.165, 1.54) is 0 Å². The molecule has 6 heteroatoms. The number of furan rings is 1. The molecule has 140 valence electrons. The van der Waals surface area contributed by atoms with Crippen molar-refractivity contribution in [1.29, 1.82) is 0 Å². The largest absolute Gasteiger partial charge is 0.463 e. The van der Waals surface area contributed by atoms with Gasteiger partial charge in [0.2, 0.25) is 0 Å². The zero-order chi connectivity index (χ0) is 18.6. The fourth-order valence-corrected chi connectivity index (χ4v) is 3.50. The molecular weight excluding hydrogens is 340 g/mol. The lowest BCUT2D eigenvalue weighted by Crippen LogP contribution is -2.36. The summed E-state index contributed by atoms with van der Waals surface area (Å²) in [6.45, 7) is 6.64. The molecule has 1 saturated heterocycles. The Morgan fingerprint density at radius 1 is 1.07 bits per heavy atom. The Hall–Kier alpha value is -2.86. The summed E-state index contributed by atoms with van der Waals surface area (Å²) in [5.74, 6) is 0.675. The van der Waals surface area contributed by atoms with Gasteiger partial charge in [-0.3, -0.25) is 4.79 Å². The molecule has 0 spiro atoms. The fraction of sp³-hybridized carbons (Fsp3) is 0.333. The molecule has 3 aromatic rings. The molecule has 3 heterocycles. The Kier molecular flexibility index (Phi) is 5.07. The van der Waals surface area contributed by atoms with E-state index >= 15 is 0 Å². The van der Waals surface area contributed by atoms with Crippen LogP contribution in [-0.4, -0.2) is 58.2 Å². The maximum Gasteiger partial charge on any atom is 0.272 e. The summed E-state index contributed by atoms with van der Waals surface area (Å²) in [6, 6.07) is 15.3. The number of amides is 1. The summed E-state index contributed by atoms with van der Waals surface area (Å²) in [4.78, 5) is 17.7. The van der Waals surface area contributed by atoms with Crippen molar-refractivity contribution in [2.45, 2.75) is 13.3 Å². The van der Waals surface area contributed by atoms with Gasteiger partial charge < -0.3 is 14.2 Å². The van der Waals surface area contributed by atoms with Crippen LogP contribution in [0.2, 0.25) is 0 Å². The number of hydrogen-bond donors (Lipinski definition) is 0. The number of carbonyl (C=O) groups excluding carboxylic acids is 1. The van der Waals surface area contributed by atoms with Crippen LogP contribution >= 0.6 is 0 Å². The smallest absolute Gasteiger partial charge is 0.272 e. The molecule has 0 bridgehead atoms. The molecule has 27 heavy (non-hydrogen) atoms. The molecule has 2 aromatic heterocycles. The second-order valence-corrected chi connectivity index (χ2v) is 6.72. The third-order valence-corrected chi connectivity index (χ3v) is 5.03. The lowest BCUT2D eigenvalue weighted by atomic mass is 10.2. The van der Waals surface area contributed by atoms with E-state index in [0.29, 0.717) is 17.1 Å². The SMILES string of the molecule is CCN1CCCN(C(=O)c2cc(-c3ccco3)nn2-c2ccccc2)CC1. The molecule has 1 aromatic carbocycles. The van der Waals surface area contributed by atoms with E-state index in [0.717, 1.165) is 44.8 Å². The minimum Gasteiger partial charge on any atom is -0.463 e. The first-order chi connectivity index (χ1) is 13.3. The van der Waals surface area contributed by atoms with Crippen molar-refractivity contribution in [3.8, 4) is 17.1 Å². The summed E-state index contributed by atoms with van der Waals surface area (Å²) < 4.78 is 7.22. The van der Waals surface area contributed by atoms with Gasteiger partial charge in [-0.25, -0.2) is 4.68 Å². The van der Waals surface area contributed by atoms with Crippen LogP contribution in [0.5, 0.6) is 0 Å². The van der Waals surface area contributed by atoms with Gasteiger partial charge >= 0.3 is 0 Å². The highest BCUT2D eigenvalue weighted by molar-refractivity contribution is 5.94. The fourth-order valence-electron chi connectivity index (χ4n) is 3.50. The topological polar surface area (TPSA) is 54.5 Å². The molecule has 0 atom stereocenters. The van der Waals surface area contributed by atoms with Gasteiger partial charge in [-0.1, -0.05) is 25.1 Å². The molecule has 1 amide bonds. The highest BCUT2D eigenvalue weighted by atomic mass is 16.3. The first-order valence-corrected chi connectivity index (χ1v) is 9.47. The van der Waals surface area contributed by atoms with Crippen molar-refractivity contribution in [2.24, 2.45) is 0 Å². The quantitative estimate of drug-likeness (QED) is 0.713. The van der Waals surface area contributed by atoms with E-state index < -0.39 is 0 Å². The Morgan fingerprint density at radius 2 is 1.93 bits per heavy atom. The lowest BCUT2D eigenvalue weighted by Gasteiger charge is -2.21. The molecule has 1 aliphatic rings. The third-order valence-electron chi connectivity index (χ3n) is 5.03. The maximum absolute atomic E-state index is 13.3. The van der Waals surface area contributed by atoms with E-state index in [1.54, 1.807) is 10.9 Å². The van der Waals surface area contributed by atoms with Crippen LogP contribution < -0.4 is 0 Å². The van der Waals surface area contributed by atoms with E-state index in [2.05, 4.69) is 16.9 Å². The van der Waals surface area contributed by atoms with Crippen molar-refractivity contribution >= 4 is 5.91 Å². The van der Waals surface area contributed by atoms with Gasteiger partial charge in [-0.05, 0) is 43.8 Å². The van der Waals surface area contributed by atoms with Gasteiger partial charge in [0, 0.05) is 25.7 Å². The molecule has 6 nitrogen and oxygen atoms in total. The van der Waals surface area contributed by atoms with Gasteiger partial charge in [-0.15, -0.1) is 0 Å². The first kappa shape index (κ1) is 17.5. The second kappa shape index (κ2) is 7.80. The normalized spacial score (nSPS) is 15.7. The van der Waals surface area contributed by atoms with Gasteiger partial charge in [0.15, 0.2) is 5.76 Å². The molecule has 1 fully saturated rings. The number of benzene rings is 1. The van der Waals surface area contributed by atoms with Crippen molar-refractivity contribution in [2.75, 3.05) is 32.7 Å². The molecule has 1 aliphatic heterocycles. The van der Waals surface area contributed by atoms with Gasteiger partial charge in [0.25, 0.3) is 5.91 Å². The molecule has 0 radical (unpaired) electrons. The maximum atomic E-state index is 13.3. The number of para-hydroxylation sites is 1. The average Bonchev–Trinajstić information content (AvgIpc) is 3.33. The zero-order valence-corrected chi connectivity index (χ0v) is 15.5. The molecule has 0 aliphatic carbocycles.